The van der Waals surface area contributed by atoms with E-state index in [9.17, 15) is 28.1 Å². The lowest BCUT2D eigenvalue weighted by Crippen LogP contribution is -2.14. The van der Waals surface area contributed by atoms with E-state index in [4.69, 9.17) is 5.73 Å². The largest absolute Gasteiger partial charge is 0.398 e. The second kappa shape index (κ2) is 7.43. The van der Waals surface area contributed by atoms with Gasteiger partial charge in [0.2, 0.25) is 0 Å². The van der Waals surface area contributed by atoms with Crippen LogP contribution in [-0.2, 0) is 0 Å². The third-order valence-electron chi connectivity index (χ3n) is 3.02. The van der Waals surface area contributed by atoms with Gasteiger partial charge in [-0.15, -0.1) is 11.8 Å². The molecule has 3 N–H and O–H groups in total. The Bertz CT molecular complexity index is 812. The van der Waals surface area contributed by atoms with Crippen LogP contribution in [-0.4, -0.2) is 22.8 Å². The minimum atomic E-state index is -4.35. The van der Waals surface area contributed by atoms with E-state index in [1.807, 2.05) is 0 Å². The summed E-state index contributed by atoms with van der Waals surface area (Å²) in [5.74, 6) is -1.80. The van der Waals surface area contributed by atoms with Crippen molar-refractivity contribution >= 4 is 34.7 Å². The van der Waals surface area contributed by atoms with Crippen molar-refractivity contribution in [2.45, 2.75) is 11.1 Å². The number of benzene rings is 2. The highest BCUT2D eigenvalue weighted by Gasteiger charge is 2.27. The quantitative estimate of drug-likeness (QED) is 0.357. The number of nitrogens with zero attached hydrogens (tertiary/aromatic N) is 1. The van der Waals surface area contributed by atoms with Crippen LogP contribution in [0.15, 0.2) is 47.4 Å². The molecule has 0 aliphatic carbocycles. The van der Waals surface area contributed by atoms with Gasteiger partial charge in [-0.2, -0.15) is 13.2 Å². The summed E-state index contributed by atoms with van der Waals surface area (Å²) in [5.41, 5.74) is 5.10. The number of carbonyl (C=O) groups is 1. The van der Waals surface area contributed by atoms with Gasteiger partial charge < -0.3 is 11.1 Å². The number of nitrogen functional groups attached to an aromatic ring is 1. The second-order valence-corrected chi connectivity index (χ2v) is 5.90. The van der Waals surface area contributed by atoms with E-state index in [1.54, 1.807) is 12.1 Å². The first-order chi connectivity index (χ1) is 11.7. The highest BCUT2D eigenvalue weighted by atomic mass is 32.2. The van der Waals surface area contributed by atoms with Gasteiger partial charge in [-0.1, -0.05) is 12.1 Å². The summed E-state index contributed by atoms with van der Waals surface area (Å²) >= 11 is 0.534. The number of nitro benzene ring substituents is 1. The molecule has 2 aromatic carbocycles. The summed E-state index contributed by atoms with van der Waals surface area (Å²) in [5, 5.41) is 13.3. The van der Waals surface area contributed by atoms with Gasteiger partial charge in [-0.05, 0) is 24.3 Å². The summed E-state index contributed by atoms with van der Waals surface area (Å²) in [6.07, 6.45) is -4.35. The number of carbonyl (C=O) groups excluding carboxylic acids is 1. The Balaban J connectivity index is 2.21. The molecule has 0 radical (unpaired) electrons. The maximum atomic E-state index is 12.4. The molecular weight excluding hydrogens is 359 g/mol. The van der Waals surface area contributed by atoms with Crippen LogP contribution in [0.5, 0.6) is 0 Å². The minimum Gasteiger partial charge on any atom is -0.393 e. The van der Waals surface area contributed by atoms with Crippen molar-refractivity contribution in [1.82, 2.24) is 0 Å². The molecule has 0 saturated heterocycles. The summed E-state index contributed by atoms with van der Waals surface area (Å²) in [6.45, 7) is 0. The molecule has 0 atom stereocenters. The topological polar surface area (TPSA) is 98.3 Å². The number of nitrogens with one attached hydrogen (secondary N) is 1. The van der Waals surface area contributed by atoms with E-state index in [0.29, 0.717) is 11.8 Å². The number of hydrogen-bond donors (Lipinski definition) is 2. The average Bonchev–Trinajstić information content (AvgIpc) is 2.53. The van der Waals surface area contributed by atoms with E-state index < -0.39 is 28.4 Å². The van der Waals surface area contributed by atoms with Crippen molar-refractivity contribution in [3.05, 3.63) is 58.1 Å². The van der Waals surface area contributed by atoms with Crippen LogP contribution >= 0.6 is 11.8 Å². The lowest BCUT2D eigenvalue weighted by Gasteiger charge is -2.12. The number of thioether (sulfide) groups is 1. The van der Waals surface area contributed by atoms with Crippen LogP contribution < -0.4 is 11.1 Å². The molecule has 132 valence electrons. The first-order valence-corrected chi connectivity index (χ1v) is 7.80. The van der Waals surface area contributed by atoms with Gasteiger partial charge in [0, 0.05) is 16.5 Å². The summed E-state index contributed by atoms with van der Waals surface area (Å²) in [4.78, 5) is 22.6. The van der Waals surface area contributed by atoms with Gasteiger partial charge in [0.15, 0.2) is 0 Å². The predicted octanol–water partition coefficient (Wildman–Crippen LogP) is 4.08. The minimum absolute atomic E-state index is 0.0310. The maximum absolute atomic E-state index is 12.4. The fourth-order valence-corrected chi connectivity index (χ4v) is 2.66. The number of amides is 1. The zero-order valence-electron chi connectivity index (χ0n) is 12.5. The van der Waals surface area contributed by atoms with Crippen LogP contribution in [0.4, 0.5) is 30.2 Å². The molecule has 0 saturated carbocycles. The SMILES string of the molecule is Nc1ccc(C(=O)Nc2ccccc2SCC(F)(F)F)cc1[N+](=O)[O-]. The smallest absolute Gasteiger partial charge is 0.393 e. The van der Waals surface area contributed by atoms with Crippen molar-refractivity contribution in [1.29, 1.82) is 0 Å². The Labute approximate surface area is 144 Å². The van der Waals surface area contributed by atoms with E-state index in [1.165, 1.54) is 24.3 Å². The van der Waals surface area contributed by atoms with Crippen LogP contribution in [0, 0.1) is 10.1 Å². The molecule has 0 aliphatic rings. The zero-order chi connectivity index (χ0) is 18.6. The summed E-state index contributed by atoms with van der Waals surface area (Å²) < 4.78 is 37.1. The molecule has 0 fully saturated rings. The van der Waals surface area contributed by atoms with Crippen LogP contribution in [0.25, 0.3) is 0 Å². The monoisotopic (exact) mass is 371 g/mol. The van der Waals surface area contributed by atoms with E-state index in [0.717, 1.165) is 6.07 Å². The Hall–Kier alpha value is -2.75. The molecule has 25 heavy (non-hydrogen) atoms. The number of nitrogens with two attached hydrogens (primary N) is 1. The molecule has 0 spiro atoms. The molecule has 0 heterocycles. The molecule has 0 bridgehead atoms. The molecule has 0 unspecified atom stereocenters. The van der Waals surface area contributed by atoms with Crippen LogP contribution in [0.2, 0.25) is 0 Å². The van der Waals surface area contributed by atoms with Crippen LogP contribution in [0.1, 0.15) is 10.4 Å². The lowest BCUT2D eigenvalue weighted by atomic mass is 10.1. The van der Waals surface area contributed by atoms with Crippen molar-refractivity contribution in [2.24, 2.45) is 0 Å². The van der Waals surface area contributed by atoms with Gasteiger partial charge in [0.05, 0.1) is 16.4 Å². The zero-order valence-corrected chi connectivity index (χ0v) is 13.4. The first kappa shape index (κ1) is 18.6. The van der Waals surface area contributed by atoms with Crippen molar-refractivity contribution in [3.63, 3.8) is 0 Å². The fourth-order valence-electron chi connectivity index (χ4n) is 1.89. The van der Waals surface area contributed by atoms with E-state index in [-0.39, 0.29) is 21.8 Å². The number of halogens is 3. The normalized spacial score (nSPS) is 11.2. The maximum Gasteiger partial charge on any atom is 0.398 e. The molecular formula is C15H12F3N3O3S. The molecule has 0 aliphatic heterocycles. The average molecular weight is 371 g/mol. The Morgan fingerprint density at radius 2 is 1.92 bits per heavy atom. The van der Waals surface area contributed by atoms with Gasteiger partial charge in [-0.3, -0.25) is 14.9 Å². The molecule has 0 aromatic heterocycles. The highest BCUT2D eigenvalue weighted by Crippen LogP contribution is 2.32. The number of hydrogen-bond acceptors (Lipinski definition) is 5. The fraction of sp³-hybridized carbons (Fsp3) is 0.133. The van der Waals surface area contributed by atoms with Gasteiger partial charge >= 0.3 is 6.18 Å². The standard InChI is InChI=1S/C15H12F3N3O3S/c16-15(17,18)8-25-13-4-2-1-3-11(13)20-14(22)9-5-6-10(19)12(7-9)21(23)24/h1-7H,8,19H2,(H,20,22). The molecule has 10 heteroatoms. The van der Waals surface area contributed by atoms with Crippen molar-refractivity contribution < 1.29 is 22.9 Å². The number of anilines is 2. The van der Waals surface area contributed by atoms with Crippen molar-refractivity contribution in [3.8, 4) is 0 Å². The lowest BCUT2D eigenvalue weighted by molar-refractivity contribution is -0.383. The van der Waals surface area contributed by atoms with Gasteiger partial charge in [-0.25, -0.2) is 0 Å². The summed E-state index contributed by atoms with van der Waals surface area (Å²) in [7, 11) is 0. The third-order valence-corrected chi connectivity index (χ3v) is 4.15. The Kier molecular flexibility index (Phi) is 5.52. The first-order valence-electron chi connectivity index (χ1n) is 6.81. The molecule has 1 amide bonds. The second-order valence-electron chi connectivity index (χ2n) is 4.88. The van der Waals surface area contributed by atoms with Gasteiger partial charge in [0.1, 0.15) is 5.69 Å². The predicted molar refractivity (Wildman–Crippen MR) is 88.7 cm³/mol. The Morgan fingerprint density at radius 3 is 2.56 bits per heavy atom. The molecule has 6 nitrogen and oxygen atoms in total. The van der Waals surface area contributed by atoms with Crippen molar-refractivity contribution in [2.75, 3.05) is 16.8 Å². The molecule has 2 rings (SSSR count). The Morgan fingerprint density at radius 1 is 1.24 bits per heavy atom. The summed E-state index contributed by atoms with van der Waals surface area (Å²) in [6, 6.07) is 9.51. The van der Waals surface area contributed by atoms with E-state index >= 15 is 0 Å². The third kappa shape index (κ3) is 5.11. The van der Waals surface area contributed by atoms with E-state index in [2.05, 4.69) is 5.32 Å². The number of nitro groups is 1. The van der Waals surface area contributed by atoms with Gasteiger partial charge in [0.25, 0.3) is 11.6 Å². The number of para-hydroxylation sites is 1. The number of alkyl halides is 3. The number of rotatable bonds is 5. The highest BCUT2D eigenvalue weighted by molar-refractivity contribution is 7.99. The van der Waals surface area contributed by atoms with Crippen LogP contribution in [0.3, 0.4) is 0 Å². The molecule has 2 aromatic rings.